The Hall–Kier alpha value is -3.35. The summed E-state index contributed by atoms with van der Waals surface area (Å²) in [7, 11) is 0. The third-order valence-electron chi connectivity index (χ3n) is 6.91. The maximum absolute atomic E-state index is 13.6. The van der Waals surface area contributed by atoms with E-state index in [1.165, 1.54) is 11.0 Å². The molecule has 5 amide bonds. The highest BCUT2D eigenvalue weighted by atomic mass is 16.2. The Kier molecular flexibility index (Phi) is 10.3. The highest BCUT2D eigenvalue weighted by molar-refractivity contribution is 6.38. The van der Waals surface area contributed by atoms with Gasteiger partial charge in [0.15, 0.2) is 0 Å². The Morgan fingerprint density at radius 1 is 1.17 bits per heavy atom. The van der Waals surface area contributed by atoms with Crippen molar-refractivity contribution in [2.24, 2.45) is 11.1 Å². The van der Waals surface area contributed by atoms with Crippen molar-refractivity contribution < 1.29 is 24.0 Å². The summed E-state index contributed by atoms with van der Waals surface area (Å²) < 4.78 is 0. The lowest BCUT2D eigenvalue weighted by atomic mass is 9.70. The van der Waals surface area contributed by atoms with Crippen molar-refractivity contribution in [1.29, 1.82) is 0 Å². The van der Waals surface area contributed by atoms with Crippen LogP contribution in [0.4, 0.5) is 4.79 Å². The van der Waals surface area contributed by atoms with Gasteiger partial charge < -0.3 is 26.6 Å². The molecule has 1 saturated heterocycles. The number of ketones is 1. The van der Waals surface area contributed by atoms with Crippen LogP contribution in [-0.4, -0.2) is 65.7 Å². The van der Waals surface area contributed by atoms with Crippen LogP contribution in [0.25, 0.3) is 0 Å². The molecule has 0 bridgehead atoms. The fourth-order valence-corrected chi connectivity index (χ4v) is 4.97. The highest BCUT2D eigenvalue weighted by Gasteiger charge is 2.46. The largest absolute Gasteiger partial charge is 0.352 e. The quantitative estimate of drug-likeness (QED) is 0.193. The molecule has 3 unspecified atom stereocenters. The number of amides is 5. The second kappa shape index (κ2) is 12.9. The minimum Gasteiger partial charge on any atom is -0.352 e. The maximum Gasteiger partial charge on any atom is 0.312 e. The number of nitrogens with one attached hydrogen (secondary N) is 3. The summed E-state index contributed by atoms with van der Waals surface area (Å²) in [6.07, 6.45) is 12.5. The molecule has 10 nitrogen and oxygen atoms in total. The van der Waals surface area contributed by atoms with Crippen LogP contribution < -0.4 is 21.7 Å². The van der Waals surface area contributed by atoms with Crippen LogP contribution in [0, 0.1) is 17.8 Å². The first-order valence-corrected chi connectivity index (χ1v) is 12.2. The second-order valence-electron chi connectivity index (χ2n) is 9.51. The van der Waals surface area contributed by atoms with Gasteiger partial charge in [-0.15, -0.1) is 18.9 Å². The van der Waals surface area contributed by atoms with Gasteiger partial charge in [0, 0.05) is 19.5 Å². The van der Waals surface area contributed by atoms with E-state index in [0.29, 0.717) is 19.4 Å². The van der Waals surface area contributed by atoms with E-state index in [1.54, 1.807) is 0 Å². The van der Waals surface area contributed by atoms with E-state index in [-0.39, 0.29) is 25.3 Å². The van der Waals surface area contributed by atoms with Crippen LogP contribution in [0.2, 0.25) is 0 Å². The number of Topliss-reactive ketones (excluding diaryl/α,β-unsaturated/α-hetero) is 1. The van der Waals surface area contributed by atoms with E-state index in [1.807, 2.05) is 6.92 Å². The van der Waals surface area contributed by atoms with Crippen LogP contribution in [-0.2, 0) is 19.2 Å². The number of nitrogens with zero attached hydrogens (tertiary/aromatic N) is 1. The number of likely N-dealkylation sites (tertiary alicyclic amines) is 1. The molecule has 1 aliphatic heterocycles. The fourth-order valence-electron chi connectivity index (χ4n) is 4.97. The first-order valence-electron chi connectivity index (χ1n) is 12.2. The number of carbonyl (C=O) groups is 5. The van der Waals surface area contributed by atoms with Gasteiger partial charge in [0.25, 0.3) is 5.91 Å². The molecule has 1 aliphatic carbocycles. The average molecular weight is 488 g/mol. The van der Waals surface area contributed by atoms with E-state index in [9.17, 15) is 24.0 Å². The molecule has 1 heterocycles. The topological polar surface area (TPSA) is 151 Å². The van der Waals surface area contributed by atoms with Crippen LogP contribution in [0.5, 0.6) is 0 Å². The molecule has 2 aliphatic rings. The van der Waals surface area contributed by atoms with Gasteiger partial charge in [0.2, 0.25) is 17.6 Å². The molecule has 3 atom stereocenters. The van der Waals surface area contributed by atoms with E-state index >= 15 is 0 Å². The number of terminal acetylenes is 1. The van der Waals surface area contributed by atoms with Crippen molar-refractivity contribution in [2.45, 2.75) is 82.8 Å². The molecule has 1 saturated carbocycles. The zero-order chi connectivity index (χ0) is 26.0. The number of rotatable bonds is 11. The van der Waals surface area contributed by atoms with Gasteiger partial charge in [-0.1, -0.05) is 32.3 Å². The van der Waals surface area contributed by atoms with Gasteiger partial charge in [-0.05, 0) is 37.5 Å². The molecular formula is C25H37N5O5. The monoisotopic (exact) mass is 487 g/mol. The van der Waals surface area contributed by atoms with Gasteiger partial charge in [-0.3, -0.25) is 19.2 Å². The van der Waals surface area contributed by atoms with E-state index < -0.39 is 47.2 Å². The molecule has 0 aromatic heterocycles. The van der Waals surface area contributed by atoms with Crippen molar-refractivity contribution in [3.05, 3.63) is 12.7 Å². The second-order valence-corrected chi connectivity index (χ2v) is 9.51. The molecule has 192 valence electrons. The molecule has 2 rings (SSSR count). The zero-order valence-electron chi connectivity index (χ0n) is 20.4. The van der Waals surface area contributed by atoms with Gasteiger partial charge >= 0.3 is 6.03 Å². The minimum atomic E-state index is -1.11. The third kappa shape index (κ3) is 7.31. The lowest BCUT2D eigenvalue weighted by Gasteiger charge is -2.42. The van der Waals surface area contributed by atoms with E-state index in [0.717, 1.165) is 32.1 Å². The standard InChI is InChI=1S/C25H37N5O5/c1-4-6-11-17(19(31)22(33)27-15-5-2)28-21(32)18-12-10-16-30(18)23(34)20(29-24(26)35)25(3)13-8-7-9-14-25/h1,5,17-18,20H,2,6-16H2,3H3,(H,27,33)(H,28,32)(H3,26,29,35). The maximum atomic E-state index is 13.6. The Bertz CT molecular complexity index is 874. The Balaban J connectivity index is 2.19. The van der Waals surface area contributed by atoms with E-state index in [4.69, 9.17) is 12.2 Å². The Morgan fingerprint density at radius 2 is 1.86 bits per heavy atom. The van der Waals surface area contributed by atoms with Crippen LogP contribution in [0.15, 0.2) is 12.7 Å². The molecular weight excluding hydrogens is 450 g/mol. The van der Waals surface area contributed by atoms with Gasteiger partial charge in [0.1, 0.15) is 12.1 Å². The van der Waals surface area contributed by atoms with Crippen molar-refractivity contribution in [3.63, 3.8) is 0 Å². The van der Waals surface area contributed by atoms with Gasteiger partial charge in [0.05, 0.1) is 6.04 Å². The molecule has 0 aromatic rings. The number of hydrogen-bond acceptors (Lipinski definition) is 5. The summed E-state index contributed by atoms with van der Waals surface area (Å²) in [6.45, 7) is 5.90. The van der Waals surface area contributed by atoms with Gasteiger partial charge in [-0.2, -0.15) is 0 Å². The zero-order valence-corrected chi connectivity index (χ0v) is 20.4. The number of primary amides is 1. The van der Waals surface area contributed by atoms with Crippen LogP contribution in [0.1, 0.15) is 64.7 Å². The number of carbonyl (C=O) groups excluding carboxylic acids is 5. The van der Waals surface area contributed by atoms with Crippen molar-refractivity contribution in [2.75, 3.05) is 13.1 Å². The molecule has 0 radical (unpaired) electrons. The van der Waals surface area contributed by atoms with Crippen molar-refractivity contribution >= 4 is 29.5 Å². The predicted molar refractivity (Wildman–Crippen MR) is 131 cm³/mol. The van der Waals surface area contributed by atoms with Crippen molar-refractivity contribution in [3.8, 4) is 12.3 Å². The van der Waals surface area contributed by atoms with Crippen LogP contribution >= 0.6 is 0 Å². The minimum absolute atomic E-state index is 0.0905. The lowest BCUT2D eigenvalue weighted by molar-refractivity contribution is -0.144. The lowest BCUT2D eigenvalue weighted by Crippen LogP contribution is -2.60. The molecule has 0 spiro atoms. The first-order chi connectivity index (χ1) is 16.6. The molecule has 35 heavy (non-hydrogen) atoms. The Morgan fingerprint density at radius 3 is 2.46 bits per heavy atom. The van der Waals surface area contributed by atoms with Crippen LogP contribution in [0.3, 0.4) is 0 Å². The first kappa shape index (κ1) is 27.9. The van der Waals surface area contributed by atoms with E-state index in [2.05, 4.69) is 28.4 Å². The molecule has 10 heteroatoms. The molecule has 5 N–H and O–H groups in total. The third-order valence-corrected chi connectivity index (χ3v) is 6.91. The number of nitrogens with two attached hydrogens (primary N) is 1. The summed E-state index contributed by atoms with van der Waals surface area (Å²) in [5.41, 5.74) is 4.93. The summed E-state index contributed by atoms with van der Waals surface area (Å²) in [6, 6.07) is -3.58. The Labute approximate surface area is 206 Å². The SMILES string of the molecule is C#CCCC(NC(=O)C1CCCN1C(=O)C(NC(N)=O)C1(C)CCCCC1)C(=O)C(=O)NCC=C. The number of hydrogen-bond donors (Lipinski definition) is 4. The summed E-state index contributed by atoms with van der Waals surface area (Å²) in [5, 5.41) is 7.66. The summed E-state index contributed by atoms with van der Waals surface area (Å²) >= 11 is 0. The van der Waals surface area contributed by atoms with Crippen molar-refractivity contribution in [1.82, 2.24) is 20.9 Å². The highest BCUT2D eigenvalue weighted by Crippen LogP contribution is 2.40. The predicted octanol–water partition coefficient (Wildman–Crippen LogP) is 0.754. The fraction of sp³-hybridized carbons (Fsp3) is 0.640. The average Bonchev–Trinajstić information content (AvgIpc) is 3.33. The number of urea groups is 1. The smallest absolute Gasteiger partial charge is 0.312 e. The molecule has 0 aromatic carbocycles. The summed E-state index contributed by atoms with van der Waals surface area (Å²) in [4.78, 5) is 64.8. The summed E-state index contributed by atoms with van der Waals surface area (Å²) in [5.74, 6) is -0.138. The molecule has 2 fully saturated rings. The van der Waals surface area contributed by atoms with Gasteiger partial charge in [-0.25, -0.2) is 4.79 Å². The normalized spacial score (nSPS) is 20.6.